The van der Waals surface area contributed by atoms with Crippen LogP contribution in [0.1, 0.15) is 133 Å². The van der Waals surface area contributed by atoms with Crippen LogP contribution >= 0.6 is 0 Å². The number of fused-ring (bicyclic) bond motifs is 1. The average Bonchev–Trinajstić information content (AvgIpc) is 2.81. The van der Waals surface area contributed by atoms with Crippen molar-refractivity contribution in [3.63, 3.8) is 0 Å². The first kappa shape index (κ1) is 27.3. The monoisotopic (exact) mass is 456 g/mol. The highest BCUT2D eigenvalue weighted by molar-refractivity contribution is 6.52. The highest BCUT2D eigenvalue weighted by Crippen LogP contribution is 2.31. The van der Waals surface area contributed by atoms with Crippen LogP contribution in [0.25, 0.3) is 5.76 Å². The summed E-state index contributed by atoms with van der Waals surface area (Å²) < 4.78 is 0. The van der Waals surface area contributed by atoms with Crippen molar-refractivity contribution in [2.75, 3.05) is 0 Å². The fraction of sp³-hybridized carbons (Fsp3) is 0.655. The van der Waals surface area contributed by atoms with Crippen molar-refractivity contribution >= 4 is 17.3 Å². The average molecular weight is 457 g/mol. The second-order valence-corrected chi connectivity index (χ2v) is 9.79. The van der Waals surface area contributed by atoms with Gasteiger partial charge in [0.2, 0.25) is 11.6 Å². The summed E-state index contributed by atoms with van der Waals surface area (Å²) in [6, 6.07) is 6.77. The van der Waals surface area contributed by atoms with E-state index in [1.165, 1.54) is 25.7 Å². The minimum Gasteiger partial charge on any atom is -0.507 e. The number of ketones is 2. The fourth-order valence-electron chi connectivity index (χ4n) is 4.90. The Labute approximate surface area is 200 Å². The number of benzene rings is 1. The number of carbonyl (C=O) groups excluding carboxylic acids is 2. The number of Topliss-reactive ketones (excluding diaryl/α,β-unsaturated/α-hetero) is 2. The van der Waals surface area contributed by atoms with Gasteiger partial charge < -0.3 is 10.2 Å². The predicted molar refractivity (Wildman–Crippen MR) is 135 cm³/mol. The summed E-state index contributed by atoms with van der Waals surface area (Å²) in [5.74, 6) is -1.10. The lowest BCUT2D eigenvalue weighted by molar-refractivity contribution is -0.112. The number of hydrogen-bond acceptors (Lipinski definition) is 4. The lowest BCUT2D eigenvalue weighted by Gasteiger charge is -2.28. The number of allylic oxidation sites excluding steroid dienone is 1. The van der Waals surface area contributed by atoms with Gasteiger partial charge in [-0.15, -0.1) is 0 Å². The molecule has 33 heavy (non-hydrogen) atoms. The van der Waals surface area contributed by atoms with Crippen LogP contribution in [0.15, 0.2) is 29.8 Å². The third kappa shape index (κ3) is 8.41. The molecule has 0 bridgehead atoms. The molecular formula is C29H44O4. The molecule has 0 aliphatic heterocycles. The second kappa shape index (κ2) is 14.3. The molecule has 0 saturated carbocycles. The number of aliphatic hydroxyl groups is 2. The lowest BCUT2D eigenvalue weighted by Crippen LogP contribution is -2.28. The Morgan fingerprint density at radius 3 is 1.73 bits per heavy atom. The third-order valence-corrected chi connectivity index (χ3v) is 7.00. The first-order valence-corrected chi connectivity index (χ1v) is 13.3. The summed E-state index contributed by atoms with van der Waals surface area (Å²) in [6.07, 6.45) is 16.3. The highest BCUT2D eigenvalue weighted by Gasteiger charge is 2.32. The highest BCUT2D eigenvalue weighted by atomic mass is 16.3. The zero-order chi connectivity index (χ0) is 24.1. The minimum absolute atomic E-state index is 0.0272. The molecule has 1 aliphatic rings. The molecule has 1 aliphatic carbocycles. The van der Waals surface area contributed by atoms with Crippen LogP contribution in [-0.4, -0.2) is 27.4 Å². The molecule has 2 N–H and O–H groups in total. The molecule has 0 aromatic heterocycles. The minimum atomic E-state index is -0.559. The molecule has 0 saturated heterocycles. The molecule has 0 radical (unpaired) electrons. The first-order chi connectivity index (χ1) is 15.9. The van der Waals surface area contributed by atoms with Crippen molar-refractivity contribution < 1.29 is 19.8 Å². The topological polar surface area (TPSA) is 74.6 Å². The lowest BCUT2D eigenvalue weighted by atomic mass is 9.85. The van der Waals surface area contributed by atoms with Gasteiger partial charge in [-0.3, -0.25) is 9.59 Å². The maximum atomic E-state index is 12.4. The smallest absolute Gasteiger partial charge is 0.234 e. The van der Waals surface area contributed by atoms with Crippen molar-refractivity contribution in [3.8, 4) is 0 Å². The maximum absolute atomic E-state index is 12.4. The van der Waals surface area contributed by atoms with Crippen molar-refractivity contribution in [3.05, 3.63) is 41.0 Å². The van der Waals surface area contributed by atoms with E-state index in [9.17, 15) is 19.8 Å². The molecule has 4 heteroatoms. The Hall–Kier alpha value is -1.94. The van der Waals surface area contributed by atoms with Gasteiger partial charge in [-0.05, 0) is 32.1 Å². The molecule has 0 amide bonds. The summed E-state index contributed by atoms with van der Waals surface area (Å²) in [4.78, 5) is 24.7. The van der Waals surface area contributed by atoms with Gasteiger partial charge in [0.25, 0.3) is 0 Å². The van der Waals surface area contributed by atoms with Crippen LogP contribution in [0, 0.1) is 0 Å². The van der Waals surface area contributed by atoms with Gasteiger partial charge in [-0.25, -0.2) is 0 Å². The van der Waals surface area contributed by atoms with E-state index in [1.54, 1.807) is 24.3 Å². The van der Waals surface area contributed by atoms with Gasteiger partial charge in [0.05, 0.1) is 5.60 Å². The molecule has 0 heterocycles. The summed E-state index contributed by atoms with van der Waals surface area (Å²) >= 11 is 0. The summed E-state index contributed by atoms with van der Waals surface area (Å²) in [5, 5.41) is 21.6. The van der Waals surface area contributed by atoms with Gasteiger partial charge in [-0.1, -0.05) is 109 Å². The first-order valence-electron chi connectivity index (χ1n) is 13.3. The molecular weight excluding hydrogens is 412 g/mol. The largest absolute Gasteiger partial charge is 0.507 e. The van der Waals surface area contributed by atoms with Crippen molar-refractivity contribution in [1.29, 1.82) is 0 Å². The van der Waals surface area contributed by atoms with E-state index >= 15 is 0 Å². The zero-order valence-corrected chi connectivity index (χ0v) is 20.8. The van der Waals surface area contributed by atoms with Crippen molar-refractivity contribution in [2.24, 2.45) is 0 Å². The Morgan fingerprint density at radius 2 is 1.15 bits per heavy atom. The van der Waals surface area contributed by atoms with Crippen LogP contribution in [0.5, 0.6) is 0 Å². The molecule has 1 aromatic rings. The predicted octanol–water partition coefficient (Wildman–Crippen LogP) is 7.73. The standard InChI is InChI=1S/C29H44O4/c1-3-5-14-20-29(33,21-15-6-4-2)22-16-10-8-7-9-11-19-25-26(30)23-17-12-13-18-24(23)27(31)28(25)32/h12-13,17-18,30,33H,3-11,14-16,19-22H2,1-2H3. The second-order valence-electron chi connectivity index (χ2n) is 9.79. The van der Waals surface area contributed by atoms with E-state index in [0.29, 0.717) is 17.5 Å². The van der Waals surface area contributed by atoms with Gasteiger partial charge in [0.15, 0.2) is 0 Å². The van der Waals surface area contributed by atoms with Crippen molar-refractivity contribution in [2.45, 2.75) is 122 Å². The normalized spacial score (nSPS) is 14.2. The summed E-state index contributed by atoms with van der Waals surface area (Å²) in [7, 11) is 0. The molecule has 1 aromatic carbocycles. The van der Waals surface area contributed by atoms with Crippen LogP contribution in [0.2, 0.25) is 0 Å². The van der Waals surface area contributed by atoms with Crippen LogP contribution in [0.3, 0.4) is 0 Å². The fourth-order valence-corrected chi connectivity index (χ4v) is 4.90. The van der Waals surface area contributed by atoms with E-state index in [1.807, 2.05) is 0 Å². The Balaban J connectivity index is 1.69. The van der Waals surface area contributed by atoms with E-state index < -0.39 is 17.2 Å². The molecule has 4 nitrogen and oxygen atoms in total. The molecule has 184 valence electrons. The van der Waals surface area contributed by atoms with E-state index in [4.69, 9.17) is 0 Å². The van der Waals surface area contributed by atoms with E-state index in [-0.39, 0.29) is 11.3 Å². The van der Waals surface area contributed by atoms with Gasteiger partial charge >= 0.3 is 0 Å². The number of carbonyl (C=O) groups is 2. The van der Waals surface area contributed by atoms with Crippen molar-refractivity contribution in [1.82, 2.24) is 0 Å². The number of hydrogen-bond donors (Lipinski definition) is 2. The quantitative estimate of drug-likeness (QED) is 0.186. The number of rotatable bonds is 17. The molecule has 2 rings (SSSR count). The Kier molecular flexibility index (Phi) is 11.9. The van der Waals surface area contributed by atoms with E-state index in [0.717, 1.165) is 70.6 Å². The maximum Gasteiger partial charge on any atom is 0.234 e. The van der Waals surface area contributed by atoms with Crippen LogP contribution in [-0.2, 0) is 4.79 Å². The molecule has 0 spiro atoms. The molecule has 0 fully saturated rings. The number of unbranched alkanes of at least 4 members (excludes halogenated alkanes) is 9. The van der Waals surface area contributed by atoms with Gasteiger partial charge in [0.1, 0.15) is 5.76 Å². The van der Waals surface area contributed by atoms with Crippen LogP contribution in [0.4, 0.5) is 0 Å². The van der Waals surface area contributed by atoms with E-state index in [2.05, 4.69) is 13.8 Å². The Bertz CT molecular complexity index is 783. The molecule has 0 atom stereocenters. The zero-order valence-electron chi connectivity index (χ0n) is 20.8. The van der Waals surface area contributed by atoms with Crippen LogP contribution < -0.4 is 0 Å². The SMILES string of the molecule is CCCCCC(O)(CCCCC)CCCCCCCCC1=C(O)c2ccccc2C(=O)C1=O. The summed E-state index contributed by atoms with van der Waals surface area (Å²) in [6.45, 7) is 4.41. The van der Waals surface area contributed by atoms with Gasteiger partial charge in [0, 0.05) is 16.7 Å². The number of aliphatic hydroxyl groups excluding tert-OH is 1. The van der Waals surface area contributed by atoms with Gasteiger partial charge in [-0.2, -0.15) is 0 Å². The third-order valence-electron chi connectivity index (χ3n) is 7.00. The Morgan fingerprint density at radius 1 is 0.667 bits per heavy atom. The summed E-state index contributed by atoms with van der Waals surface area (Å²) in [5.41, 5.74) is 0.553. The molecule has 0 unspecified atom stereocenters.